The Bertz CT molecular complexity index is 1180. The standard InChI is InChI=1S/C20H16N4O2.C6H14O/c1-13-5-7-16(8-6-13)22-18-19-21-9-10-24(19)12-17(23-18)14-3-2-4-15(11-14)20(25)26;1-3-5-7-6-4-2/h2-12H,1H3,(H,22,23)(H,25,26);3-6H2,1-2H3. The molecule has 172 valence electrons. The van der Waals surface area contributed by atoms with E-state index in [1.165, 1.54) is 5.56 Å². The van der Waals surface area contributed by atoms with E-state index in [4.69, 9.17) is 4.74 Å². The molecule has 0 spiro atoms. The van der Waals surface area contributed by atoms with Gasteiger partial charge in [0, 0.05) is 43.1 Å². The summed E-state index contributed by atoms with van der Waals surface area (Å²) in [5.74, 6) is -0.356. The van der Waals surface area contributed by atoms with Crippen LogP contribution in [-0.2, 0) is 4.74 Å². The van der Waals surface area contributed by atoms with Gasteiger partial charge in [0.1, 0.15) is 0 Å². The number of nitrogens with zero attached hydrogens (tertiary/aromatic N) is 3. The molecular formula is C26H30N4O3. The number of imidazole rings is 1. The van der Waals surface area contributed by atoms with E-state index in [1.54, 1.807) is 24.4 Å². The van der Waals surface area contributed by atoms with Gasteiger partial charge >= 0.3 is 5.97 Å². The van der Waals surface area contributed by atoms with Gasteiger partial charge in [-0.25, -0.2) is 14.8 Å². The summed E-state index contributed by atoms with van der Waals surface area (Å²) in [6, 6.07) is 14.7. The van der Waals surface area contributed by atoms with Gasteiger partial charge < -0.3 is 19.6 Å². The van der Waals surface area contributed by atoms with E-state index >= 15 is 0 Å². The van der Waals surface area contributed by atoms with Crippen LogP contribution in [0.2, 0.25) is 0 Å². The maximum atomic E-state index is 11.2. The third-order valence-corrected chi connectivity index (χ3v) is 4.79. The molecule has 7 nitrogen and oxygen atoms in total. The number of carboxylic acid groups (broad SMARTS) is 1. The maximum absolute atomic E-state index is 11.2. The Kier molecular flexibility index (Phi) is 8.55. The SMILES string of the molecule is CCCOCCC.Cc1ccc(Nc2nc(-c3cccc(C(=O)O)c3)cn3ccnc23)cc1. The molecule has 2 aromatic carbocycles. The molecule has 0 atom stereocenters. The number of ether oxygens (including phenoxy) is 1. The van der Waals surface area contributed by atoms with Crippen LogP contribution in [0.5, 0.6) is 0 Å². The minimum absolute atomic E-state index is 0.225. The number of hydrogen-bond donors (Lipinski definition) is 2. The highest BCUT2D eigenvalue weighted by Gasteiger charge is 2.11. The zero-order valence-electron chi connectivity index (χ0n) is 19.3. The molecule has 0 fully saturated rings. The summed E-state index contributed by atoms with van der Waals surface area (Å²) >= 11 is 0. The van der Waals surface area contributed by atoms with Crippen molar-refractivity contribution in [3.05, 3.63) is 78.2 Å². The fourth-order valence-corrected chi connectivity index (χ4v) is 3.13. The lowest BCUT2D eigenvalue weighted by Gasteiger charge is -2.10. The van der Waals surface area contributed by atoms with Crippen molar-refractivity contribution in [2.24, 2.45) is 0 Å². The number of fused-ring (bicyclic) bond motifs is 1. The fraction of sp³-hybridized carbons (Fsp3) is 0.269. The van der Waals surface area contributed by atoms with Gasteiger partial charge in [-0.3, -0.25) is 0 Å². The normalized spacial score (nSPS) is 10.5. The number of carboxylic acids is 1. The Morgan fingerprint density at radius 2 is 1.82 bits per heavy atom. The minimum Gasteiger partial charge on any atom is -0.478 e. The van der Waals surface area contributed by atoms with Crippen molar-refractivity contribution >= 4 is 23.1 Å². The van der Waals surface area contributed by atoms with Crippen LogP contribution in [0.4, 0.5) is 11.5 Å². The Labute approximate surface area is 194 Å². The van der Waals surface area contributed by atoms with Crippen LogP contribution >= 0.6 is 0 Å². The Hall–Kier alpha value is -3.71. The number of aromatic carboxylic acids is 1. The molecule has 0 amide bonds. The number of carbonyl (C=O) groups is 1. The van der Waals surface area contributed by atoms with Crippen molar-refractivity contribution in [3.8, 4) is 11.3 Å². The van der Waals surface area contributed by atoms with E-state index in [0.717, 1.165) is 37.3 Å². The van der Waals surface area contributed by atoms with E-state index in [9.17, 15) is 9.90 Å². The summed E-state index contributed by atoms with van der Waals surface area (Å²) < 4.78 is 7.00. The molecule has 0 aliphatic heterocycles. The first kappa shape index (κ1) is 23.9. The van der Waals surface area contributed by atoms with Crippen LogP contribution in [0.25, 0.3) is 16.9 Å². The Morgan fingerprint density at radius 3 is 2.48 bits per heavy atom. The molecule has 4 rings (SSSR count). The van der Waals surface area contributed by atoms with E-state index in [2.05, 4.69) is 29.1 Å². The summed E-state index contributed by atoms with van der Waals surface area (Å²) in [7, 11) is 0. The van der Waals surface area contributed by atoms with Gasteiger partial charge in [0.15, 0.2) is 11.5 Å². The highest BCUT2D eigenvalue weighted by Crippen LogP contribution is 2.25. The number of rotatable bonds is 8. The second-order valence-corrected chi connectivity index (χ2v) is 7.62. The number of anilines is 2. The van der Waals surface area contributed by atoms with E-state index in [-0.39, 0.29) is 5.56 Å². The summed E-state index contributed by atoms with van der Waals surface area (Å²) in [6.45, 7) is 8.12. The van der Waals surface area contributed by atoms with Gasteiger partial charge in [0.05, 0.1) is 11.3 Å². The molecule has 2 N–H and O–H groups in total. The molecule has 2 aromatic heterocycles. The number of aromatic nitrogens is 3. The lowest BCUT2D eigenvalue weighted by Crippen LogP contribution is -2.01. The van der Waals surface area contributed by atoms with E-state index in [1.807, 2.05) is 54.0 Å². The summed E-state index contributed by atoms with van der Waals surface area (Å²) in [6.07, 6.45) is 7.65. The molecule has 0 aliphatic rings. The fourth-order valence-electron chi connectivity index (χ4n) is 3.13. The van der Waals surface area contributed by atoms with Gasteiger partial charge in [0.25, 0.3) is 0 Å². The van der Waals surface area contributed by atoms with Crippen molar-refractivity contribution in [1.82, 2.24) is 14.4 Å². The van der Waals surface area contributed by atoms with Crippen LogP contribution in [0, 0.1) is 6.92 Å². The number of nitrogens with one attached hydrogen (secondary N) is 1. The highest BCUT2D eigenvalue weighted by atomic mass is 16.5. The summed E-state index contributed by atoms with van der Waals surface area (Å²) in [4.78, 5) is 20.3. The molecule has 0 saturated heterocycles. The quantitative estimate of drug-likeness (QED) is 0.324. The monoisotopic (exact) mass is 446 g/mol. The first-order valence-corrected chi connectivity index (χ1v) is 11.1. The third kappa shape index (κ3) is 6.63. The van der Waals surface area contributed by atoms with Gasteiger partial charge in [-0.15, -0.1) is 0 Å². The second kappa shape index (κ2) is 11.8. The van der Waals surface area contributed by atoms with Gasteiger partial charge in [-0.1, -0.05) is 43.7 Å². The van der Waals surface area contributed by atoms with Crippen molar-refractivity contribution in [2.75, 3.05) is 18.5 Å². The molecular weight excluding hydrogens is 416 g/mol. The number of hydrogen-bond acceptors (Lipinski definition) is 5. The van der Waals surface area contributed by atoms with Crippen LogP contribution in [0.1, 0.15) is 42.6 Å². The van der Waals surface area contributed by atoms with Crippen LogP contribution in [0.3, 0.4) is 0 Å². The lowest BCUT2D eigenvalue weighted by atomic mass is 10.1. The largest absolute Gasteiger partial charge is 0.478 e. The Balaban J connectivity index is 0.000000383. The van der Waals surface area contributed by atoms with Gasteiger partial charge in [-0.2, -0.15) is 0 Å². The molecule has 7 heteroatoms. The molecule has 0 bridgehead atoms. The third-order valence-electron chi connectivity index (χ3n) is 4.79. The second-order valence-electron chi connectivity index (χ2n) is 7.62. The Morgan fingerprint density at radius 1 is 1.09 bits per heavy atom. The maximum Gasteiger partial charge on any atom is 0.335 e. The lowest BCUT2D eigenvalue weighted by molar-refractivity contribution is 0.0697. The number of aryl methyl sites for hydroxylation is 1. The average molecular weight is 447 g/mol. The predicted molar refractivity (Wildman–Crippen MR) is 131 cm³/mol. The minimum atomic E-state index is -0.964. The molecule has 0 unspecified atom stereocenters. The molecule has 4 aromatic rings. The zero-order valence-corrected chi connectivity index (χ0v) is 19.3. The van der Waals surface area contributed by atoms with Crippen LogP contribution in [-0.4, -0.2) is 38.7 Å². The molecule has 0 radical (unpaired) electrons. The number of benzene rings is 2. The van der Waals surface area contributed by atoms with Crippen molar-refractivity contribution in [2.45, 2.75) is 33.6 Å². The zero-order chi connectivity index (χ0) is 23.6. The van der Waals surface area contributed by atoms with Gasteiger partial charge in [0.2, 0.25) is 0 Å². The van der Waals surface area contributed by atoms with Crippen LogP contribution < -0.4 is 5.32 Å². The molecule has 33 heavy (non-hydrogen) atoms. The van der Waals surface area contributed by atoms with E-state index in [0.29, 0.717) is 17.2 Å². The summed E-state index contributed by atoms with van der Waals surface area (Å²) in [5.41, 5.74) is 4.39. The van der Waals surface area contributed by atoms with Crippen molar-refractivity contribution < 1.29 is 14.6 Å². The van der Waals surface area contributed by atoms with Gasteiger partial charge in [-0.05, 0) is 44.0 Å². The molecule has 0 aliphatic carbocycles. The topological polar surface area (TPSA) is 88.8 Å². The highest BCUT2D eigenvalue weighted by molar-refractivity contribution is 5.89. The van der Waals surface area contributed by atoms with Crippen molar-refractivity contribution in [1.29, 1.82) is 0 Å². The van der Waals surface area contributed by atoms with E-state index < -0.39 is 5.97 Å². The van der Waals surface area contributed by atoms with Crippen molar-refractivity contribution in [3.63, 3.8) is 0 Å². The predicted octanol–water partition coefficient (Wildman–Crippen LogP) is 5.97. The molecule has 0 saturated carbocycles. The average Bonchev–Trinajstić information content (AvgIpc) is 3.30. The summed E-state index contributed by atoms with van der Waals surface area (Å²) in [5, 5.41) is 12.5. The first-order chi connectivity index (χ1) is 16.0. The molecule has 2 heterocycles. The van der Waals surface area contributed by atoms with Crippen LogP contribution in [0.15, 0.2) is 67.1 Å². The smallest absolute Gasteiger partial charge is 0.335 e. The first-order valence-electron chi connectivity index (χ1n) is 11.1.